The van der Waals surface area contributed by atoms with Crippen molar-refractivity contribution in [3.05, 3.63) is 69.8 Å². The van der Waals surface area contributed by atoms with Crippen molar-refractivity contribution in [3.8, 4) is 0 Å². The van der Waals surface area contributed by atoms with E-state index < -0.39 is 26.7 Å². The number of anilines is 1. The topological polar surface area (TPSA) is 116 Å². The van der Waals surface area contributed by atoms with Crippen LogP contribution in [0, 0.1) is 10.1 Å². The van der Waals surface area contributed by atoms with Gasteiger partial charge in [0, 0.05) is 11.6 Å². The van der Waals surface area contributed by atoms with E-state index in [2.05, 4.69) is 4.72 Å². The van der Waals surface area contributed by atoms with Crippen LogP contribution in [0.15, 0.2) is 48.5 Å². The number of nitrogens with one attached hydrogen (secondary N) is 1. The second-order valence-corrected chi connectivity index (χ2v) is 6.74. The summed E-state index contributed by atoms with van der Waals surface area (Å²) in [6.45, 7) is 1.79. The lowest BCUT2D eigenvalue weighted by molar-refractivity contribution is -0.385. The van der Waals surface area contributed by atoms with Gasteiger partial charge in [0.1, 0.15) is 5.75 Å². The predicted molar refractivity (Wildman–Crippen MR) is 91.7 cm³/mol. The zero-order valence-electron chi connectivity index (χ0n) is 13.3. The molecule has 0 aliphatic heterocycles. The summed E-state index contributed by atoms with van der Waals surface area (Å²) in [5.41, 5.74) is -0.116. The predicted octanol–water partition coefficient (Wildman–Crippen LogP) is 2.71. The highest BCUT2D eigenvalue weighted by atomic mass is 32.2. The molecular formula is C16H16N2O6S. The van der Waals surface area contributed by atoms with E-state index in [1.807, 2.05) is 0 Å². The molecule has 0 amide bonds. The van der Waals surface area contributed by atoms with Crippen LogP contribution >= 0.6 is 0 Å². The summed E-state index contributed by atoms with van der Waals surface area (Å²) in [6.07, 6.45) is 0. The molecule has 0 aliphatic rings. The zero-order chi connectivity index (χ0) is 18.4. The number of benzene rings is 2. The maximum Gasteiger partial charge on any atom is 0.340 e. The molecule has 0 heterocycles. The third-order valence-corrected chi connectivity index (χ3v) is 4.44. The van der Waals surface area contributed by atoms with Gasteiger partial charge in [-0.1, -0.05) is 30.3 Å². The fourth-order valence-corrected chi connectivity index (χ4v) is 3.42. The SMILES string of the molecule is CCOC(=O)c1ccccc1NS(=O)(=O)Cc1ccccc1[N+](=O)[O-]. The first-order chi connectivity index (χ1) is 11.8. The van der Waals surface area contributed by atoms with E-state index in [1.165, 1.54) is 36.4 Å². The molecule has 0 aromatic heterocycles. The van der Waals surface area contributed by atoms with Gasteiger partial charge < -0.3 is 4.74 Å². The molecule has 8 nitrogen and oxygen atoms in total. The molecule has 0 bridgehead atoms. The Hall–Kier alpha value is -2.94. The lowest BCUT2D eigenvalue weighted by Crippen LogP contribution is -2.18. The van der Waals surface area contributed by atoms with Crippen molar-refractivity contribution in [2.75, 3.05) is 11.3 Å². The molecule has 0 saturated carbocycles. The van der Waals surface area contributed by atoms with Crippen LogP contribution in [-0.2, 0) is 20.5 Å². The Morgan fingerprint density at radius 3 is 2.48 bits per heavy atom. The number of hydrogen-bond acceptors (Lipinski definition) is 6. The highest BCUT2D eigenvalue weighted by molar-refractivity contribution is 7.91. The van der Waals surface area contributed by atoms with E-state index in [-0.39, 0.29) is 29.1 Å². The fourth-order valence-electron chi connectivity index (χ4n) is 2.18. The number of rotatable bonds is 7. The number of sulfonamides is 1. The molecule has 0 unspecified atom stereocenters. The van der Waals surface area contributed by atoms with Gasteiger partial charge in [-0.25, -0.2) is 13.2 Å². The first-order valence-electron chi connectivity index (χ1n) is 7.33. The van der Waals surface area contributed by atoms with Crippen molar-refractivity contribution in [1.82, 2.24) is 0 Å². The number of hydrogen-bond donors (Lipinski definition) is 1. The van der Waals surface area contributed by atoms with Crippen LogP contribution in [0.2, 0.25) is 0 Å². The average molecular weight is 364 g/mol. The highest BCUT2D eigenvalue weighted by Gasteiger charge is 2.22. The quantitative estimate of drug-likeness (QED) is 0.459. The lowest BCUT2D eigenvalue weighted by atomic mass is 10.2. The van der Waals surface area contributed by atoms with E-state index >= 15 is 0 Å². The number of ether oxygens (including phenoxy) is 1. The van der Waals surface area contributed by atoms with Crippen LogP contribution in [-0.4, -0.2) is 25.9 Å². The molecule has 25 heavy (non-hydrogen) atoms. The second-order valence-electron chi connectivity index (χ2n) is 5.01. The summed E-state index contributed by atoms with van der Waals surface area (Å²) >= 11 is 0. The number of nitro benzene ring substituents is 1. The van der Waals surface area contributed by atoms with Crippen LogP contribution in [0.4, 0.5) is 11.4 Å². The summed E-state index contributed by atoms with van der Waals surface area (Å²) in [4.78, 5) is 22.3. The molecular weight excluding hydrogens is 348 g/mol. The Bertz CT molecular complexity index is 895. The van der Waals surface area contributed by atoms with Gasteiger partial charge in [-0.3, -0.25) is 14.8 Å². The molecule has 1 N–H and O–H groups in total. The maximum atomic E-state index is 12.4. The number of carbonyl (C=O) groups excluding carboxylic acids is 1. The highest BCUT2D eigenvalue weighted by Crippen LogP contribution is 2.23. The van der Waals surface area contributed by atoms with Crippen LogP contribution in [0.1, 0.15) is 22.8 Å². The normalized spacial score (nSPS) is 10.9. The average Bonchev–Trinajstić information content (AvgIpc) is 2.55. The Labute approximate surface area is 144 Å². The van der Waals surface area contributed by atoms with Gasteiger partial charge in [0.25, 0.3) is 5.69 Å². The molecule has 0 fully saturated rings. The first kappa shape index (κ1) is 18.4. The number of carbonyl (C=O) groups is 1. The van der Waals surface area contributed by atoms with Gasteiger partial charge in [0.2, 0.25) is 10.0 Å². The Morgan fingerprint density at radius 2 is 1.80 bits per heavy atom. The molecule has 2 aromatic carbocycles. The molecule has 0 saturated heterocycles. The van der Waals surface area contributed by atoms with E-state index in [1.54, 1.807) is 19.1 Å². The summed E-state index contributed by atoms with van der Waals surface area (Å²) < 4.78 is 32.0. The number of esters is 1. The molecule has 0 atom stereocenters. The second kappa shape index (κ2) is 7.75. The van der Waals surface area contributed by atoms with Crippen molar-refractivity contribution in [2.24, 2.45) is 0 Å². The molecule has 2 rings (SSSR count). The van der Waals surface area contributed by atoms with Crippen LogP contribution in [0.3, 0.4) is 0 Å². The summed E-state index contributed by atoms with van der Waals surface area (Å²) in [7, 11) is -3.98. The summed E-state index contributed by atoms with van der Waals surface area (Å²) in [5, 5.41) is 11.0. The molecule has 0 radical (unpaired) electrons. The van der Waals surface area contributed by atoms with Crippen LogP contribution < -0.4 is 4.72 Å². The summed E-state index contributed by atoms with van der Waals surface area (Å²) in [6, 6.07) is 11.6. The Morgan fingerprint density at radius 1 is 1.16 bits per heavy atom. The van der Waals surface area contributed by atoms with Crippen molar-refractivity contribution >= 4 is 27.4 Å². The first-order valence-corrected chi connectivity index (χ1v) is 8.98. The summed E-state index contributed by atoms with van der Waals surface area (Å²) in [5.74, 6) is -1.26. The van der Waals surface area contributed by atoms with Gasteiger partial charge >= 0.3 is 5.97 Å². The van der Waals surface area contributed by atoms with Crippen molar-refractivity contribution < 1.29 is 22.9 Å². The van der Waals surface area contributed by atoms with Gasteiger partial charge in [-0.2, -0.15) is 0 Å². The minimum Gasteiger partial charge on any atom is -0.462 e. The molecule has 0 spiro atoms. The van der Waals surface area contributed by atoms with Crippen LogP contribution in [0.25, 0.3) is 0 Å². The van der Waals surface area contributed by atoms with Crippen molar-refractivity contribution in [2.45, 2.75) is 12.7 Å². The van der Waals surface area contributed by atoms with E-state index in [9.17, 15) is 23.3 Å². The van der Waals surface area contributed by atoms with E-state index in [0.717, 1.165) is 0 Å². The van der Waals surface area contributed by atoms with Crippen LogP contribution in [0.5, 0.6) is 0 Å². The molecule has 132 valence electrons. The number of para-hydroxylation sites is 2. The Balaban J connectivity index is 2.29. The standard InChI is InChI=1S/C16H16N2O6S/c1-2-24-16(19)13-8-4-5-9-14(13)17-25(22,23)11-12-7-3-6-10-15(12)18(20)21/h3-10,17H,2,11H2,1H3. The number of nitrogens with zero attached hydrogens (tertiary/aromatic N) is 1. The van der Waals surface area contributed by atoms with E-state index in [4.69, 9.17) is 4.74 Å². The third-order valence-electron chi connectivity index (χ3n) is 3.22. The molecule has 0 aliphatic carbocycles. The van der Waals surface area contributed by atoms with Crippen molar-refractivity contribution in [3.63, 3.8) is 0 Å². The van der Waals surface area contributed by atoms with Crippen molar-refractivity contribution in [1.29, 1.82) is 0 Å². The number of nitro groups is 1. The van der Waals surface area contributed by atoms with E-state index in [0.29, 0.717) is 0 Å². The maximum absolute atomic E-state index is 12.4. The third kappa shape index (κ3) is 4.77. The fraction of sp³-hybridized carbons (Fsp3) is 0.188. The zero-order valence-corrected chi connectivity index (χ0v) is 14.2. The van der Waals surface area contributed by atoms with Gasteiger partial charge in [0.05, 0.1) is 22.8 Å². The van der Waals surface area contributed by atoms with Gasteiger partial charge in [0.15, 0.2) is 0 Å². The van der Waals surface area contributed by atoms with Gasteiger partial charge in [-0.15, -0.1) is 0 Å². The van der Waals surface area contributed by atoms with Gasteiger partial charge in [-0.05, 0) is 19.1 Å². The molecule has 9 heteroatoms. The molecule has 2 aromatic rings. The smallest absolute Gasteiger partial charge is 0.340 e. The minimum absolute atomic E-state index is 0.0496. The Kier molecular flexibility index (Phi) is 5.71. The minimum atomic E-state index is -3.98. The largest absolute Gasteiger partial charge is 0.462 e. The monoisotopic (exact) mass is 364 g/mol. The lowest BCUT2D eigenvalue weighted by Gasteiger charge is -2.12.